The van der Waals surface area contributed by atoms with Gasteiger partial charge in [-0.05, 0) is 55.0 Å². The van der Waals surface area contributed by atoms with Gasteiger partial charge >= 0.3 is 0 Å². The molecule has 4 rings (SSSR count). The smallest absolute Gasteiger partial charge is 0.291 e. The third kappa shape index (κ3) is 5.94. The van der Waals surface area contributed by atoms with Crippen molar-refractivity contribution in [2.45, 2.75) is 13.5 Å². The minimum atomic E-state index is -0.590. The summed E-state index contributed by atoms with van der Waals surface area (Å²) in [4.78, 5) is 23.6. The van der Waals surface area contributed by atoms with Crippen LogP contribution >= 0.6 is 11.6 Å². The molecular formula is C26H21ClN2O7. The molecule has 0 aliphatic rings. The van der Waals surface area contributed by atoms with Crippen LogP contribution in [0.4, 0.5) is 11.4 Å². The summed E-state index contributed by atoms with van der Waals surface area (Å²) in [5.41, 5.74) is 0.664. The van der Waals surface area contributed by atoms with Crippen LogP contribution in [0.2, 0.25) is 5.02 Å². The fourth-order valence-corrected chi connectivity index (χ4v) is 3.56. The number of non-ortho nitro benzene ring substituents is 1. The molecular weight excluding hydrogens is 488 g/mol. The van der Waals surface area contributed by atoms with Crippen LogP contribution in [0.25, 0.3) is 0 Å². The van der Waals surface area contributed by atoms with E-state index in [2.05, 4.69) is 5.32 Å². The minimum absolute atomic E-state index is 0.0103. The van der Waals surface area contributed by atoms with Gasteiger partial charge in [-0.25, -0.2) is 0 Å². The average molecular weight is 509 g/mol. The lowest BCUT2D eigenvalue weighted by Crippen LogP contribution is -2.11. The molecule has 1 N–H and O–H groups in total. The lowest BCUT2D eigenvalue weighted by atomic mass is 10.2. The van der Waals surface area contributed by atoms with Crippen LogP contribution in [0.15, 0.2) is 77.2 Å². The SMILES string of the molecule is COc1ccccc1OCc1ccc(C(=O)Nc2cc(Oc3ccc(Cl)cc3C)cc([N+](=O)[O-])c2)o1. The number of halogens is 1. The molecule has 0 radical (unpaired) electrons. The number of hydrogen-bond acceptors (Lipinski definition) is 7. The predicted octanol–water partition coefficient (Wildman–Crippen LogP) is 6.78. The molecule has 0 aliphatic carbocycles. The maximum atomic E-state index is 12.8. The molecule has 0 bridgehead atoms. The van der Waals surface area contributed by atoms with Gasteiger partial charge in [0.15, 0.2) is 17.3 Å². The Bertz CT molecular complexity index is 1420. The zero-order chi connectivity index (χ0) is 25.7. The number of carbonyl (C=O) groups excluding carboxylic acids is 1. The molecule has 1 amide bonds. The summed E-state index contributed by atoms with van der Waals surface area (Å²) < 4.78 is 22.4. The Labute approximate surface area is 211 Å². The van der Waals surface area contributed by atoms with Gasteiger partial charge in [0.25, 0.3) is 11.6 Å². The number of nitrogens with zero attached hydrogens (tertiary/aromatic N) is 1. The van der Waals surface area contributed by atoms with Crippen molar-refractivity contribution in [1.82, 2.24) is 0 Å². The Hall–Kier alpha value is -4.50. The maximum Gasteiger partial charge on any atom is 0.291 e. The first kappa shape index (κ1) is 24.6. The van der Waals surface area contributed by atoms with Crippen LogP contribution in [0.3, 0.4) is 0 Å². The van der Waals surface area contributed by atoms with Crippen molar-refractivity contribution in [3.8, 4) is 23.0 Å². The quantitative estimate of drug-likeness (QED) is 0.196. The maximum absolute atomic E-state index is 12.8. The van der Waals surface area contributed by atoms with Crippen molar-refractivity contribution in [3.05, 3.63) is 105 Å². The van der Waals surface area contributed by atoms with Gasteiger partial charge in [-0.2, -0.15) is 0 Å². The third-order valence-electron chi connectivity index (χ3n) is 5.05. The van der Waals surface area contributed by atoms with Gasteiger partial charge in [0.1, 0.15) is 23.9 Å². The predicted molar refractivity (Wildman–Crippen MR) is 133 cm³/mol. The van der Waals surface area contributed by atoms with E-state index in [0.717, 1.165) is 5.56 Å². The highest BCUT2D eigenvalue weighted by atomic mass is 35.5. The number of benzene rings is 3. The highest BCUT2D eigenvalue weighted by molar-refractivity contribution is 6.30. The van der Waals surface area contributed by atoms with E-state index < -0.39 is 10.8 Å². The molecule has 0 spiro atoms. The van der Waals surface area contributed by atoms with Gasteiger partial charge in [-0.3, -0.25) is 14.9 Å². The zero-order valence-corrected chi connectivity index (χ0v) is 20.1. The number of nitrogens with one attached hydrogen (secondary N) is 1. The number of anilines is 1. The summed E-state index contributed by atoms with van der Waals surface area (Å²) in [5.74, 6) is 1.58. The molecule has 184 valence electrons. The lowest BCUT2D eigenvalue weighted by Gasteiger charge is -2.11. The average Bonchev–Trinajstić information content (AvgIpc) is 3.34. The van der Waals surface area contributed by atoms with E-state index >= 15 is 0 Å². The van der Waals surface area contributed by atoms with E-state index in [9.17, 15) is 14.9 Å². The van der Waals surface area contributed by atoms with Gasteiger partial charge < -0.3 is 23.9 Å². The van der Waals surface area contributed by atoms with E-state index in [4.69, 9.17) is 30.2 Å². The fourth-order valence-electron chi connectivity index (χ4n) is 3.33. The molecule has 0 saturated carbocycles. The number of hydrogen-bond donors (Lipinski definition) is 1. The molecule has 0 saturated heterocycles. The number of furan rings is 1. The van der Waals surface area contributed by atoms with Crippen molar-refractivity contribution in [2.75, 3.05) is 12.4 Å². The van der Waals surface area contributed by atoms with Gasteiger partial charge in [-0.1, -0.05) is 23.7 Å². The zero-order valence-electron chi connectivity index (χ0n) is 19.3. The van der Waals surface area contributed by atoms with Crippen molar-refractivity contribution in [3.63, 3.8) is 0 Å². The van der Waals surface area contributed by atoms with Gasteiger partial charge in [0.05, 0.1) is 23.8 Å². The molecule has 0 aliphatic heterocycles. The number of methoxy groups -OCH3 is 1. The Morgan fingerprint density at radius 2 is 1.81 bits per heavy atom. The second-order valence-electron chi connectivity index (χ2n) is 7.64. The monoisotopic (exact) mass is 508 g/mol. The molecule has 3 aromatic carbocycles. The van der Waals surface area contributed by atoms with Gasteiger partial charge in [0.2, 0.25) is 0 Å². The van der Waals surface area contributed by atoms with Crippen molar-refractivity contribution in [2.24, 2.45) is 0 Å². The number of nitro benzene ring substituents is 1. The molecule has 9 nitrogen and oxygen atoms in total. The Morgan fingerprint density at radius 3 is 2.53 bits per heavy atom. The van der Waals surface area contributed by atoms with Crippen LogP contribution < -0.4 is 19.5 Å². The topological polar surface area (TPSA) is 113 Å². The highest BCUT2D eigenvalue weighted by Gasteiger charge is 2.17. The number of amides is 1. The van der Waals surface area contributed by atoms with Gasteiger partial charge in [0, 0.05) is 17.2 Å². The molecule has 4 aromatic rings. The van der Waals surface area contributed by atoms with Crippen LogP contribution in [-0.2, 0) is 6.61 Å². The lowest BCUT2D eigenvalue weighted by molar-refractivity contribution is -0.384. The molecule has 0 unspecified atom stereocenters. The number of ether oxygens (including phenoxy) is 3. The van der Waals surface area contributed by atoms with E-state index in [1.165, 1.54) is 24.3 Å². The Balaban J connectivity index is 1.48. The van der Waals surface area contributed by atoms with Crippen LogP contribution in [0, 0.1) is 17.0 Å². The number of carbonyl (C=O) groups is 1. The van der Waals surface area contributed by atoms with E-state index in [1.54, 1.807) is 50.4 Å². The second kappa shape index (κ2) is 10.8. The Morgan fingerprint density at radius 1 is 1.03 bits per heavy atom. The molecule has 10 heteroatoms. The largest absolute Gasteiger partial charge is 0.493 e. The van der Waals surface area contributed by atoms with Crippen LogP contribution in [0.1, 0.15) is 21.9 Å². The van der Waals surface area contributed by atoms with E-state index in [1.807, 2.05) is 12.1 Å². The number of aryl methyl sites for hydroxylation is 1. The third-order valence-corrected chi connectivity index (χ3v) is 5.28. The normalized spacial score (nSPS) is 10.5. The fraction of sp³-hybridized carbons (Fsp3) is 0.115. The first-order valence-corrected chi connectivity index (χ1v) is 11.1. The molecule has 0 fully saturated rings. The van der Waals surface area contributed by atoms with Crippen molar-refractivity contribution in [1.29, 1.82) is 0 Å². The molecule has 0 atom stereocenters. The van der Waals surface area contributed by atoms with E-state index in [-0.39, 0.29) is 29.5 Å². The summed E-state index contributed by atoms with van der Waals surface area (Å²) >= 11 is 5.98. The first-order valence-electron chi connectivity index (χ1n) is 10.7. The summed E-state index contributed by atoms with van der Waals surface area (Å²) in [7, 11) is 1.54. The summed E-state index contributed by atoms with van der Waals surface area (Å²) in [6, 6.07) is 19.2. The molecule has 36 heavy (non-hydrogen) atoms. The minimum Gasteiger partial charge on any atom is -0.493 e. The second-order valence-corrected chi connectivity index (χ2v) is 8.08. The number of rotatable bonds is 9. The summed E-state index contributed by atoms with van der Waals surface area (Å²) in [5, 5.41) is 14.6. The highest BCUT2D eigenvalue weighted by Crippen LogP contribution is 2.32. The molecule has 1 aromatic heterocycles. The van der Waals surface area contributed by atoms with Crippen molar-refractivity contribution >= 4 is 28.9 Å². The van der Waals surface area contributed by atoms with Crippen LogP contribution in [-0.4, -0.2) is 17.9 Å². The van der Waals surface area contributed by atoms with E-state index in [0.29, 0.717) is 28.0 Å². The standard InChI is InChI=1S/C26H21ClN2O7/c1-16-11-17(27)7-9-22(16)36-21-13-18(12-19(14-21)29(31)32)28-26(30)25-10-8-20(35-25)15-34-24-6-4-3-5-23(24)33-2/h3-14H,15H2,1-2H3,(H,28,30). The van der Waals surface area contributed by atoms with Crippen molar-refractivity contribution < 1.29 is 28.3 Å². The molecule has 1 heterocycles. The first-order chi connectivity index (χ1) is 17.3. The number of nitro groups is 1. The van der Waals surface area contributed by atoms with Gasteiger partial charge in [-0.15, -0.1) is 0 Å². The number of para-hydroxylation sites is 2. The summed E-state index contributed by atoms with van der Waals surface area (Å²) in [6.45, 7) is 1.87. The Kier molecular flexibility index (Phi) is 7.41. The van der Waals surface area contributed by atoms with Crippen LogP contribution in [0.5, 0.6) is 23.0 Å². The summed E-state index contributed by atoms with van der Waals surface area (Å²) in [6.07, 6.45) is 0.